The van der Waals surface area contributed by atoms with E-state index in [0.29, 0.717) is 0 Å². The van der Waals surface area contributed by atoms with Crippen LogP contribution in [-0.2, 0) is 16.6 Å². The summed E-state index contributed by atoms with van der Waals surface area (Å²) < 4.78 is 31.8. The molecule has 0 bridgehead atoms. The number of aromatic amines is 1. The van der Waals surface area contributed by atoms with Gasteiger partial charge in [-0.1, -0.05) is 0 Å². The van der Waals surface area contributed by atoms with Gasteiger partial charge in [-0.15, -0.1) is 0 Å². The van der Waals surface area contributed by atoms with Crippen molar-refractivity contribution in [3.05, 3.63) is 52.3 Å². The number of sulfonamides is 1. The number of nitrogens with zero attached hydrogens (tertiary/aromatic N) is 1. The molecule has 0 spiro atoms. The van der Waals surface area contributed by atoms with Gasteiger partial charge in [-0.25, -0.2) is 13.1 Å². The van der Waals surface area contributed by atoms with E-state index in [1.54, 1.807) is 18.5 Å². The molecule has 0 saturated carbocycles. The summed E-state index contributed by atoms with van der Waals surface area (Å²) >= 11 is 0. The van der Waals surface area contributed by atoms with E-state index >= 15 is 0 Å². The molecule has 1 aromatic carbocycles. The van der Waals surface area contributed by atoms with E-state index in [1.807, 2.05) is 0 Å². The lowest BCUT2D eigenvalue weighted by Gasteiger charge is -2.10. The summed E-state index contributed by atoms with van der Waals surface area (Å²) in [4.78, 5) is 12.6. The first-order chi connectivity index (χ1) is 9.94. The van der Waals surface area contributed by atoms with Gasteiger partial charge in [0.25, 0.3) is 5.69 Å². The summed E-state index contributed by atoms with van der Waals surface area (Å²) in [5.41, 5.74) is 0.417. The second-order valence-electron chi connectivity index (χ2n) is 4.14. The SMILES string of the molecule is COc1ccc([N+](=O)[O-])cc1S(=O)(=O)NCc1cc[nH]c1. The van der Waals surface area contributed by atoms with Crippen LogP contribution in [0.25, 0.3) is 0 Å². The smallest absolute Gasteiger partial charge is 0.271 e. The molecule has 8 nitrogen and oxygen atoms in total. The Morgan fingerprint density at radius 2 is 2.14 bits per heavy atom. The summed E-state index contributed by atoms with van der Waals surface area (Å²) in [7, 11) is -2.63. The van der Waals surface area contributed by atoms with Crippen LogP contribution >= 0.6 is 0 Å². The van der Waals surface area contributed by atoms with Crippen molar-refractivity contribution in [2.24, 2.45) is 0 Å². The number of nitro benzene ring substituents is 1. The summed E-state index contributed by atoms with van der Waals surface area (Å²) in [5, 5.41) is 10.8. The molecule has 0 aliphatic rings. The van der Waals surface area contributed by atoms with Crippen LogP contribution in [0.5, 0.6) is 5.75 Å². The van der Waals surface area contributed by atoms with Crippen molar-refractivity contribution in [2.75, 3.05) is 7.11 Å². The highest BCUT2D eigenvalue weighted by atomic mass is 32.2. The van der Waals surface area contributed by atoms with Crippen molar-refractivity contribution < 1.29 is 18.1 Å². The minimum atomic E-state index is -3.93. The average Bonchev–Trinajstić information content (AvgIpc) is 2.98. The van der Waals surface area contributed by atoms with E-state index in [9.17, 15) is 18.5 Å². The Morgan fingerprint density at radius 3 is 2.71 bits per heavy atom. The molecule has 0 aliphatic heterocycles. The summed E-state index contributed by atoms with van der Waals surface area (Å²) in [6.45, 7) is 0.0671. The number of nitro groups is 1. The minimum Gasteiger partial charge on any atom is -0.495 e. The van der Waals surface area contributed by atoms with Gasteiger partial charge in [0.15, 0.2) is 0 Å². The van der Waals surface area contributed by atoms with E-state index in [0.717, 1.165) is 11.6 Å². The molecule has 21 heavy (non-hydrogen) atoms. The Balaban J connectivity index is 2.33. The van der Waals surface area contributed by atoms with Crippen molar-refractivity contribution in [1.29, 1.82) is 0 Å². The van der Waals surface area contributed by atoms with Crippen molar-refractivity contribution in [2.45, 2.75) is 11.4 Å². The fourth-order valence-electron chi connectivity index (χ4n) is 1.71. The van der Waals surface area contributed by atoms with E-state index in [-0.39, 0.29) is 22.9 Å². The molecule has 9 heteroatoms. The number of non-ortho nitro benzene ring substituents is 1. The largest absolute Gasteiger partial charge is 0.495 e. The number of benzene rings is 1. The minimum absolute atomic E-state index is 0.0437. The van der Waals surface area contributed by atoms with Gasteiger partial charge in [0.1, 0.15) is 10.6 Å². The molecule has 2 N–H and O–H groups in total. The van der Waals surface area contributed by atoms with E-state index in [1.165, 1.54) is 19.2 Å². The van der Waals surface area contributed by atoms with Crippen molar-refractivity contribution in [3.63, 3.8) is 0 Å². The maximum atomic E-state index is 12.3. The Morgan fingerprint density at radius 1 is 1.38 bits per heavy atom. The first-order valence-electron chi connectivity index (χ1n) is 5.88. The van der Waals surface area contributed by atoms with Gasteiger partial charge in [0.05, 0.1) is 12.0 Å². The molecule has 1 aromatic heterocycles. The second-order valence-corrected chi connectivity index (χ2v) is 5.87. The standard InChI is InChI=1S/C12H13N3O5S/c1-20-11-3-2-10(15(16)17)6-12(11)21(18,19)14-8-9-4-5-13-7-9/h2-7,13-14H,8H2,1H3. The molecule has 0 unspecified atom stereocenters. The number of rotatable bonds is 6. The maximum Gasteiger partial charge on any atom is 0.271 e. The van der Waals surface area contributed by atoms with E-state index < -0.39 is 14.9 Å². The van der Waals surface area contributed by atoms with Gasteiger partial charge in [-0.05, 0) is 17.7 Å². The van der Waals surface area contributed by atoms with Gasteiger partial charge in [0.2, 0.25) is 10.0 Å². The Bertz CT molecular complexity index is 740. The van der Waals surface area contributed by atoms with Crippen LogP contribution in [0.1, 0.15) is 5.56 Å². The molecule has 0 fully saturated rings. The molecule has 2 rings (SSSR count). The lowest BCUT2D eigenvalue weighted by Crippen LogP contribution is -2.23. The first kappa shape index (κ1) is 15.0. The van der Waals surface area contributed by atoms with Crippen LogP contribution in [0.4, 0.5) is 5.69 Å². The molecule has 0 aliphatic carbocycles. The van der Waals surface area contributed by atoms with Gasteiger partial charge in [-0.3, -0.25) is 10.1 Å². The topological polar surface area (TPSA) is 114 Å². The summed E-state index contributed by atoms with van der Waals surface area (Å²) in [5.74, 6) is 0.0437. The van der Waals surface area contributed by atoms with Crippen LogP contribution in [0.2, 0.25) is 0 Å². The normalized spacial score (nSPS) is 11.3. The Kier molecular flexibility index (Phi) is 4.24. The number of nitrogens with one attached hydrogen (secondary N) is 2. The number of aromatic nitrogens is 1. The van der Waals surface area contributed by atoms with Gasteiger partial charge >= 0.3 is 0 Å². The van der Waals surface area contributed by atoms with Gasteiger partial charge in [-0.2, -0.15) is 0 Å². The summed E-state index contributed by atoms with van der Waals surface area (Å²) in [6.07, 6.45) is 3.31. The number of hydrogen-bond donors (Lipinski definition) is 2. The quantitative estimate of drug-likeness (QED) is 0.618. The van der Waals surface area contributed by atoms with Crippen LogP contribution in [0.15, 0.2) is 41.6 Å². The van der Waals surface area contributed by atoms with Crippen molar-refractivity contribution >= 4 is 15.7 Å². The van der Waals surface area contributed by atoms with Crippen LogP contribution in [0.3, 0.4) is 0 Å². The molecule has 2 aromatic rings. The van der Waals surface area contributed by atoms with E-state index in [4.69, 9.17) is 4.74 Å². The Hall–Kier alpha value is -2.39. The van der Waals surface area contributed by atoms with E-state index in [2.05, 4.69) is 9.71 Å². The lowest BCUT2D eigenvalue weighted by atomic mass is 10.3. The third-order valence-corrected chi connectivity index (χ3v) is 4.20. The van der Waals surface area contributed by atoms with Crippen molar-refractivity contribution in [3.8, 4) is 5.75 Å². The van der Waals surface area contributed by atoms with Crippen LogP contribution < -0.4 is 9.46 Å². The van der Waals surface area contributed by atoms with Crippen molar-refractivity contribution in [1.82, 2.24) is 9.71 Å². The predicted molar refractivity (Wildman–Crippen MR) is 74.5 cm³/mol. The first-order valence-corrected chi connectivity index (χ1v) is 7.36. The molecular weight excluding hydrogens is 298 g/mol. The molecule has 0 atom stereocenters. The molecule has 112 valence electrons. The third kappa shape index (κ3) is 3.38. The monoisotopic (exact) mass is 311 g/mol. The molecular formula is C12H13N3O5S. The zero-order chi connectivity index (χ0) is 15.5. The maximum absolute atomic E-state index is 12.3. The second kappa shape index (κ2) is 5.94. The fraction of sp³-hybridized carbons (Fsp3) is 0.167. The Labute approximate surface area is 121 Å². The number of ether oxygens (including phenoxy) is 1. The molecule has 1 heterocycles. The number of H-pyrrole nitrogens is 1. The highest BCUT2D eigenvalue weighted by Gasteiger charge is 2.22. The highest BCUT2D eigenvalue weighted by molar-refractivity contribution is 7.89. The zero-order valence-electron chi connectivity index (χ0n) is 11.1. The number of hydrogen-bond acceptors (Lipinski definition) is 5. The van der Waals surface area contributed by atoms with Gasteiger partial charge < -0.3 is 9.72 Å². The fourth-order valence-corrected chi connectivity index (χ4v) is 2.92. The molecule has 0 radical (unpaired) electrons. The molecule has 0 saturated heterocycles. The highest BCUT2D eigenvalue weighted by Crippen LogP contribution is 2.28. The number of methoxy groups -OCH3 is 1. The zero-order valence-corrected chi connectivity index (χ0v) is 11.9. The molecule has 0 amide bonds. The van der Waals surface area contributed by atoms with Crippen LogP contribution in [0, 0.1) is 10.1 Å². The summed E-state index contributed by atoms with van der Waals surface area (Å²) in [6, 6.07) is 5.12. The average molecular weight is 311 g/mol. The van der Waals surface area contributed by atoms with Crippen LogP contribution in [-0.4, -0.2) is 25.4 Å². The van der Waals surface area contributed by atoms with Gasteiger partial charge in [0, 0.05) is 31.1 Å². The lowest BCUT2D eigenvalue weighted by molar-refractivity contribution is -0.385. The third-order valence-electron chi connectivity index (χ3n) is 2.78. The predicted octanol–water partition coefficient (Wildman–Crippen LogP) is 1.41.